The van der Waals surface area contributed by atoms with Gasteiger partial charge in [0.05, 0.1) is 9.38 Å². The molecule has 0 aliphatic rings. The highest BCUT2D eigenvalue weighted by Crippen LogP contribution is 2.16. The first-order valence-corrected chi connectivity index (χ1v) is 6.27. The number of rotatable bonds is 3. The summed E-state index contributed by atoms with van der Waals surface area (Å²) in [7, 11) is -4.27. The standard InChI is InChI=1S/C9H8BrNO4S/c1-6(10)9(12)11-7-3-2-4-8(5-7)16(13,14)15/h2-5H,1H2,(H,11,12)(H,13,14,15). The van der Waals surface area contributed by atoms with Gasteiger partial charge in [-0.05, 0) is 34.1 Å². The van der Waals surface area contributed by atoms with Gasteiger partial charge in [0.15, 0.2) is 0 Å². The minimum absolute atomic E-state index is 0.116. The van der Waals surface area contributed by atoms with E-state index >= 15 is 0 Å². The van der Waals surface area contributed by atoms with Gasteiger partial charge in [0.25, 0.3) is 16.0 Å². The van der Waals surface area contributed by atoms with Gasteiger partial charge in [-0.1, -0.05) is 12.6 Å². The van der Waals surface area contributed by atoms with E-state index < -0.39 is 16.0 Å². The van der Waals surface area contributed by atoms with Crippen molar-refractivity contribution in [2.45, 2.75) is 4.90 Å². The first-order chi connectivity index (χ1) is 7.30. The number of carbonyl (C=O) groups is 1. The molecule has 0 saturated carbocycles. The van der Waals surface area contributed by atoms with Crippen LogP contribution in [0.5, 0.6) is 0 Å². The molecule has 0 unspecified atom stereocenters. The van der Waals surface area contributed by atoms with Gasteiger partial charge in [-0.3, -0.25) is 9.35 Å². The van der Waals surface area contributed by atoms with Crippen LogP contribution in [0.4, 0.5) is 5.69 Å². The summed E-state index contributed by atoms with van der Waals surface area (Å²) in [6, 6.07) is 5.25. The second-order valence-electron chi connectivity index (χ2n) is 2.86. The van der Waals surface area contributed by atoms with Gasteiger partial charge >= 0.3 is 0 Å². The zero-order valence-corrected chi connectivity index (χ0v) is 10.4. The van der Waals surface area contributed by atoms with E-state index in [4.69, 9.17) is 4.55 Å². The second kappa shape index (κ2) is 4.77. The number of benzene rings is 1. The van der Waals surface area contributed by atoms with E-state index in [0.717, 1.165) is 6.07 Å². The first kappa shape index (κ1) is 12.9. The number of carbonyl (C=O) groups excluding carboxylic acids is 1. The maximum atomic E-state index is 11.2. The predicted molar refractivity (Wildman–Crippen MR) is 63.0 cm³/mol. The lowest BCUT2D eigenvalue weighted by molar-refractivity contribution is -0.112. The topological polar surface area (TPSA) is 83.5 Å². The Balaban J connectivity index is 3.01. The van der Waals surface area contributed by atoms with Crippen molar-refractivity contribution in [1.82, 2.24) is 0 Å². The van der Waals surface area contributed by atoms with Crippen LogP contribution in [0.2, 0.25) is 0 Å². The van der Waals surface area contributed by atoms with E-state index in [-0.39, 0.29) is 15.1 Å². The van der Waals surface area contributed by atoms with Crippen LogP contribution < -0.4 is 5.32 Å². The molecule has 5 nitrogen and oxygen atoms in total. The Morgan fingerprint density at radius 2 is 2.06 bits per heavy atom. The Kier molecular flexibility index (Phi) is 3.84. The SMILES string of the molecule is C=C(Br)C(=O)Nc1cccc(S(=O)(=O)O)c1. The highest BCUT2D eigenvalue weighted by atomic mass is 79.9. The van der Waals surface area contributed by atoms with Crippen molar-refractivity contribution in [3.05, 3.63) is 35.3 Å². The fraction of sp³-hybridized carbons (Fsp3) is 0. The normalized spacial score (nSPS) is 10.9. The summed E-state index contributed by atoms with van der Waals surface area (Å²) in [5, 5.41) is 2.39. The number of hydrogen-bond donors (Lipinski definition) is 2. The van der Waals surface area contributed by atoms with Gasteiger partial charge in [0.1, 0.15) is 0 Å². The molecule has 0 heterocycles. The lowest BCUT2D eigenvalue weighted by Gasteiger charge is -2.04. The Bertz CT molecular complexity index is 538. The van der Waals surface area contributed by atoms with Crippen molar-refractivity contribution in [1.29, 1.82) is 0 Å². The highest BCUT2D eigenvalue weighted by Gasteiger charge is 2.11. The van der Waals surface area contributed by atoms with Crippen molar-refractivity contribution in [3.63, 3.8) is 0 Å². The zero-order valence-electron chi connectivity index (χ0n) is 7.97. The molecule has 0 spiro atoms. The Hall–Kier alpha value is -1.18. The maximum absolute atomic E-state index is 11.2. The lowest BCUT2D eigenvalue weighted by atomic mass is 10.3. The molecule has 1 amide bonds. The van der Waals surface area contributed by atoms with Gasteiger partial charge < -0.3 is 5.32 Å². The van der Waals surface area contributed by atoms with Gasteiger partial charge in [-0.2, -0.15) is 8.42 Å². The van der Waals surface area contributed by atoms with E-state index in [2.05, 4.69) is 27.8 Å². The van der Waals surface area contributed by atoms with Crippen LogP contribution >= 0.6 is 15.9 Å². The monoisotopic (exact) mass is 305 g/mol. The average molecular weight is 306 g/mol. The highest BCUT2D eigenvalue weighted by molar-refractivity contribution is 9.12. The molecule has 7 heteroatoms. The van der Waals surface area contributed by atoms with Gasteiger partial charge in [-0.15, -0.1) is 0 Å². The number of nitrogens with one attached hydrogen (secondary N) is 1. The Labute approximate surface area is 101 Å². The van der Waals surface area contributed by atoms with Gasteiger partial charge in [0, 0.05) is 5.69 Å². The molecule has 1 aromatic rings. The molecule has 1 rings (SSSR count). The summed E-state index contributed by atoms with van der Waals surface area (Å²) in [5.74, 6) is -0.493. The minimum atomic E-state index is -4.27. The Morgan fingerprint density at radius 1 is 1.44 bits per heavy atom. The molecule has 16 heavy (non-hydrogen) atoms. The third kappa shape index (κ3) is 3.44. The van der Waals surface area contributed by atoms with Crippen molar-refractivity contribution >= 4 is 37.6 Å². The zero-order chi connectivity index (χ0) is 12.3. The van der Waals surface area contributed by atoms with Crippen LogP contribution in [0.25, 0.3) is 0 Å². The summed E-state index contributed by atoms with van der Waals surface area (Å²) in [6.07, 6.45) is 0. The number of amides is 1. The molecular weight excluding hydrogens is 298 g/mol. The van der Waals surface area contributed by atoms with Crippen molar-refractivity contribution in [2.24, 2.45) is 0 Å². The summed E-state index contributed by atoms with van der Waals surface area (Å²) in [5.41, 5.74) is 0.251. The average Bonchev–Trinajstić information content (AvgIpc) is 2.16. The fourth-order valence-corrected chi connectivity index (χ4v) is 1.56. The van der Waals surface area contributed by atoms with Gasteiger partial charge in [-0.25, -0.2) is 0 Å². The van der Waals surface area contributed by atoms with E-state index in [0.29, 0.717) is 0 Å². The molecule has 1 aromatic carbocycles. The van der Waals surface area contributed by atoms with Crippen LogP contribution in [-0.4, -0.2) is 18.9 Å². The molecule has 0 bridgehead atoms. The van der Waals surface area contributed by atoms with Crippen LogP contribution in [0.15, 0.2) is 40.2 Å². The number of halogens is 1. The van der Waals surface area contributed by atoms with Crippen LogP contribution in [0.1, 0.15) is 0 Å². The molecule has 0 atom stereocenters. The molecule has 0 aromatic heterocycles. The van der Waals surface area contributed by atoms with Crippen molar-refractivity contribution in [3.8, 4) is 0 Å². The molecule has 0 aliphatic heterocycles. The van der Waals surface area contributed by atoms with Crippen LogP contribution in [0, 0.1) is 0 Å². The predicted octanol–water partition coefficient (Wildman–Crippen LogP) is 1.78. The van der Waals surface area contributed by atoms with Crippen LogP contribution in [0.3, 0.4) is 0 Å². The molecular formula is C9H8BrNO4S. The Morgan fingerprint density at radius 3 is 2.56 bits per heavy atom. The quantitative estimate of drug-likeness (QED) is 0.658. The van der Waals surface area contributed by atoms with E-state index in [1.165, 1.54) is 18.2 Å². The molecule has 0 saturated heterocycles. The summed E-state index contributed by atoms with van der Waals surface area (Å²) >= 11 is 2.88. The smallest absolute Gasteiger partial charge is 0.294 e. The molecule has 0 radical (unpaired) electrons. The molecule has 0 aliphatic carbocycles. The molecule has 86 valence electrons. The number of anilines is 1. The van der Waals surface area contributed by atoms with Crippen molar-refractivity contribution < 1.29 is 17.8 Å². The minimum Gasteiger partial charge on any atom is -0.322 e. The summed E-state index contributed by atoms with van der Waals surface area (Å²) in [6.45, 7) is 3.36. The lowest BCUT2D eigenvalue weighted by Crippen LogP contribution is -2.11. The summed E-state index contributed by atoms with van der Waals surface area (Å²) < 4.78 is 30.5. The number of hydrogen-bond acceptors (Lipinski definition) is 3. The third-order valence-electron chi connectivity index (χ3n) is 1.64. The van der Waals surface area contributed by atoms with E-state index in [9.17, 15) is 13.2 Å². The third-order valence-corrected chi connectivity index (χ3v) is 2.85. The molecule has 0 fully saturated rings. The van der Waals surface area contributed by atoms with Crippen LogP contribution in [-0.2, 0) is 14.9 Å². The molecule has 2 N–H and O–H groups in total. The van der Waals surface area contributed by atoms with E-state index in [1.54, 1.807) is 0 Å². The van der Waals surface area contributed by atoms with Gasteiger partial charge in [0.2, 0.25) is 0 Å². The maximum Gasteiger partial charge on any atom is 0.294 e. The van der Waals surface area contributed by atoms with E-state index in [1.807, 2.05) is 0 Å². The second-order valence-corrected chi connectivity index (χ2v) is 5.24. The summed E-state index contributed by atoms with van der Waals surface area (Å²) in [4.78, 5) is 10.9. The fourth-order valence-electron chi connectivity index (χ4n) is 0.933. The largest absolute Gasteiger partial charge is 0.322 e. The first-order valence-electron chi connectivity index (χ1n) is 4.04. The van der Waals surface area contributed by atoms with Crippen molar-refractivity contribution in [2.75, 3.05) is 5.32 Å².